The molecule has 1 aromatic heterocycles. The first kappa shape index (κ1) is 12.5. The number of ether oxygens (including phenoxy) is 2. The second-order valence-electron chi connectivity index (χ2n) is 4.35. The van der Waals surface area contributed by atoms with Crippen molar-refractivity contribution in [1.82, 2.24) is 9.97 Å². The van der Waals surface area contributed by atoms with Gasteiger partial charge in [-0.3, -0.25) is 0 Å². The fraction of sp³-hybridized carbons (Fsp3) is 0.286. The monoisotopic (exact) mass is 272 g/mol. The maximum atomic E-state index is 5.37. The smallest absolute Gasteiger partial charge is 0.231 e. The summed E-state index contributed by atoms with van der Waals surface area (Å²) in [6, 6.07) is 5.73. The van der Waals surface area contributed by atoms with Crippen LogP contribution >= 0.6 is 0 Å². The highest BCUT2D eigenvalue weighted by Crippen LogP contribution is 2.35. The normalized spacial score (nSPS) is 12.3. The summed E-state index contributed by atoms with van der Waals surface area (Å²) < 4.78 is 10.7. The maximum absolute atomic E-state index is 5.37. The number of anilines is 3. The van der Waals surface area contributed by atoms with Gasteiger partial charge in [-0.25, -0.2) is 9.97 Å². The average Bonchev–Trinajstić information content (AvgIpc) is 2.94. The molecule has 2 aromatic rings. The highest BCUT2D eigenvalue weighted by atomic mass is 16.7. The van der Waals surface area contributed by atoms with Gasteiger partial charge in [0.25, 0.3) is 0 Å². The molecule has 6 heteroatoms. The highest BCUT2D eigenvalue weighted by Gasteiger charge is 2.14. The summed E-state index contributed by atoms with van der Waals surface area (Å²) in [5, 5.41) is 6.38. The zero-order chi connectivity index (χ0) is 13.9. The number of benzene rings is 1. The van der Waals surface area contributed by atoms with Crippen molar-refractivity contribution in [1.29, 1.82) is 0 Å². The van der Waals surface area contributed by atoms with Crippen molar-refractivity contribution in [3.63, 3.8) is 0 Å². The molecule has 2 N–H and O–H groups in total. The summed E-state index contributed by atoms with van der Waals surface area (Å²) in [6.45, 7) is 2.35. The largest absolute Gasteiger partial charge is 0.454 e. The van der Waals surface area contributed by atoms with Gasteiger partial charge in [0, 0.05) is 24.4 Å². The van der Waals surface area contributed by atoms with Crippen LogP contribution in [0.2, 0.25) is 0 Å². The molecular formula is C14H16N4O2. The molecule has 0 aliphatic carbocycles. The third-order valence-electron chi connectivity index (χ3n) is 3.17. The lowest BCUT2D eigenvalue weighted by Crippen LogP contribution is -2.04. The molecule has 1 aliphatic heterocycles. The summed E-state index contributed by atoms with van der Waals surface area (Å²) in [4.78, 5) is 8.53. The summed E-state index contributed by atoms with van der Waals surface area (Å²) in [5.74, 6) is 3.15. The van der Waals surface area contributed by atoms with E-state index in [0.29, 0.717) is 0 Å². The molecule has 0 spiro atoms. The summed E-state index contributed by atoms with van der Waals surface area (Å²) in [5.41, 5.74) is 1.96. The Labute approximate surface area is 117 Å². The molecule has 1 aromatic carbocycles. The first-order chi connectivity index (χ1) is 9.81. The molecule has 1 aliphatic rings. The molecule has 0 saturated heterocycles. The van der Waals surface area contributed by atoms with Gasteiger partial charge in [0.1, 0.15) is 18.0 Å². The zero-order valence-corrected chi connectivity index (χ0v) is 11.4. The van der Waals surface area contributed by atoms with Gasteiger partial charge in [-0.2, -0.15) is 0 Å². The quantitative estimate of drug-likeness (QED) is 0.891. The van der Waals surface area contributed by atoms with Crippen LogP contribution in [0.25, 0.3) is 0 Å². The summed E-state index contributed by atoms with van der Waals surface area (Å²) >= 11 is 0. The van der Waals surface area contributed by atoms with Crippen LogP contribution in [0.3, 0.4) is 0 Å². The third kappa shape index (κ3) is 2.20. The molecule has 0 unspecified atom stereocenters. The number of hydrogen-bond donors (Lipinski definition) is 2. The van der Waals surface area contributed by atoms with Gasteiger partial charge in [-0.15, -0.1) is 0 Å². The molecule has 3 rings (SSSR count). The molecular weight excluding hydrogens is 256 g/mol. The number of rotatable bonds is 4. The zero-order valence-electron chi connectivity index (χ0n) is 11.4. The predicted molar refractivity (Wildman–Crippen MR) is 76.8 cm³/mol. The van der Waals surface area contributed by atoms with Gasteiger partial charge < -0.3 is 20.1 Å². The number of hydrogen-bond acceptors (Lipinski definition) is 6. The van der Waals surface area contributed by atoms with Gasteiger partial charge in [0.05, 0.1) is 0 Å². The van der Waals surface area contributed by atoms with Crippen molar-refractivity contribution >= 4 is 17.3 Å². The van der Waals surface area contributed by atoms with E-state index in [9.17, 15) is 0 Å². The van der Waals surface area contributed by atoms with Crippen molar-refractivity contribution in [2.24, 2.45) is 0 Å². The van der Waals surface area contributed by atoms with Crippen molar-refractivity contribution in [3.05, 3.63) is 30.1 Å². The Morgan fingerprint density at radius 1 is 1.15 bits per heavy atom. The molecule has 0 amide bonds. The van der Waals surface area contributed by atoms with Crippen molar-refractivity contribution in [2.45, 2.75) is 13.3 Å². The fourth-order valence-corrected chi connectivity index (χ4v) is 2.18. The van der Waals surface area contributed by atoms with E-state index in [1.165, 1.54) is 0 Å². The summed E-state index contributed by atoms with van der Waals surface area (Å²) in [7, 11) is 1.85. The number of nitrogens with one attached hydrogen (secondary N) is 2. The van der Waals surface area contributed by atoms with Gasteiger partial charge in [0.2, 0.25) is 6.79 Å². The molecule has 6 nitrogen and oxygen atoms in total. The third-order valence-corrected chi connectivity index (χ3v) is 3.17. The predicted octanol–water partition coefficient (Wildman–Crippen LogP) is 2.55. The first-order valence-electron chi connectivity index (χ1n) is 6.50. The summed E-state index contributed by atoms with van der Waals surface area (Å²) in [6.07, 6.45) is 2.38. The first-order valence-corrected chi connectivity index (χ1v) is 6.50. The molecule has 2 heterocycles. The molecule has 0 bridgehead atoms. The minimum Gasteiger partial charge on any atom is -0.454 e. The Balaban J connectivity index is 1.91. The van der Waals surface area contributed by atoms with Gasteiger partial charge >= 0.3 is 0 Å². The van der Waals surface area contributed by atoms with Crippen LogP contribution in [0.15, 0.2) is 24.5 Å². The topological polar surface area (TPSA) is 68.3 Å². The molecule has 0 fully saturated rings. The van der Waals surface area contributed by atoms with Crippen LogP contribution in [0.4, 0.5) is 17.3 Å². The van der Waals surface area contributed by atoms with Crippen LogP contribution < -0.4 is 20.1 Å². The van der Waals surface area contributed by atoms with E-state index in [2.05, 4.69) is 27.5 Å². The number of aromatic nitrogens is 2. The van der Waals surface area contributed by atoms with E-state index >= 15 is 0 Å². The van der Waals surface area contributed by atoms with E-state index in [0.717, 1.165) is 40.8 Å². The maximum Gasteiger partial charge on any atom is 0.231 e. The van der Waals surface area contributed by atoms with E-state index < -0.39 is 0 Å². The molecule has 20 heavy (non-hydrogen) atoms. The van der Waals surface area contributed by atoms with Crippen LogP contribution in [-0.4, -0.2) is 23.8 Å². The standard InChI is InChI=1S/C14H16N4O2/c1-3-10-13(15-2)16-7-17-14(10)18-9-4-5-11-12(6-9)20-8-19-11/h4-7H,3,8H2,1-2H3,(H2,15,16,17,18). The highest BCUT2D eigenvalue weighted by molar-refractivity contribution is 5.67. The van der Waals surface area contributed by atoms with Crippen molar-refractivity contribution in [3.8, 4) is 11.5 Å². The van der Waals surface area contributed by atoms with Gasteiger partial charge in [-0.1, -0.05) is 6.92 Å². The van der Waals surface area contributed by atoms with Crippen LogP contribution in [0, 0.1) is 0 Å². The average molecular weight is 272 g/mol. The fourth-order valence-electron chi connectivity index (χ4n) is 2.18. The van der Waals surface area contributed by atoms with E-state index in [-0.39, 0.29) is 6.79 Å². The van der Waals surface area contributed by atoms with Crippen molar-refractivity contribution in [2.75, 3.05) is 24.5 Å². The van der Waals surface area contributed by atoms with Crippen LogP contribution in [-0.2, 0) is 6.42 Å². The Morgan fingerprint density at radius 2 is 1.95 bits per heavy atom. The van der Waals surface area contributed by atoms with Gasteiger partial charge in [-0.05, 0) is 18.6 Å². The Kier molecular flexibility index (Phi) is 3.28. The molecule has 0 atom stereocenters. The second-order valence-corrected chi connectivity index (χ2v) is 4.35. The Bertz CT molecular complexity index is 631. The number of fused-ring (bicyclic) bond motifs is 1. The second kappa shape index (κ2) is 5.24. The molecule has 0 saturated carbocycles. The van der Waals surface area contributed by atoms with Gasteiger partial charge in [0.15, 0.2) is 11.5 Å². The van der Waals surface area contributed by atoms with E-state index in [1.54, 1.807) is 6.33 Å². The Morgan fingerprint density at radius 3 is 2.75 bits per heavy atom. The lowest BCUT2D eigenvalue weighted by molar-refractivity contribution is 0.174. The minimum atomic E-state index is 0.274. The lowest BCUT2D eigenvalue weighted by atomic mass is 10.2. The van der Waals surface area contributed by atoms with Crippen LogP contribution in [0.1, 0.15) is 12.5 Å². The number of nitrogens with zero attached hydrogens (tertiary/aromatic N) is 2. The SMILES string of the molecule is CCc1c(NC)ncnc1Nc1ccc2c(c1)OCO2. The molecule has 0 radical (unpaired) electrons. The Hall–Kier alpha value is -2.50. The van der Waals surface area contributed by atoms with E-state index in [1.807, 2.05) is 25.2 Å². The van der Waals surface area contributed by atoms with Crippen molar-refractivity contribution < 1.29 is 9.47 Å². The van der Waals surface area contributed by atoms with Crippen LogP contribution in [0.5, 0.6) is 11.5 Å². The molecule has 104 valence electrons. The minimum absolute atomic E-state index is 0.274. The lowest BCUT2D eigenvalue weighted by Gasteiger charge is -2.13. The van der Waals surface area contributed by atoms with E-state index in [4.69, 9.17) is 9.47 Å².